The molecule has 2 rings (SSSR count). The van der Waals surface area contributed by atoms with E-state index >= 15 is 0 Å². The third kappa shape index (κ3) is 4.31. The molecular weight excluding hydrogens is 298 g/mol. The number of hydrogen-bond acceptors (Lipinski definition) is 4. The highest BCUT2D eigenvalue weighted by molar-refractivity contribution is 6.43. The molecular formula is C16H15N3O4. The Morgan fingerprint density at radius 2 is 1.52 bits per heavy atom. The second kappa shape index (κ2) is 7.08. The van der Waals surface area contributed by atoms with Crippen molar-refractivity contribution in [2.24, 2.45) is 5.73 Å². The molecule has 0 heterocycles. The highest BCUT2D eigenvalue weighted by atomic mass is 16.5. The monoisotopic (exact) mass is 313 g/mol. The van der Waals surface area contributed by atoms with E-state index in [1.54, 1.807) is 24.3 Å². The molecule has 0 aliphatic heterocycles. The Hall–Kier alpha value is -3.35. The van der Waals surface area contributed by atoms with E-state index in [0.717, 1.165) is 0 Å². The summed E-state index contributed by atoms with van der Waals surface area (Å²) in [5.41, 5.74) is 6.25. The summed E-state index contributed by atoms with van der Waals surface area (Å²) >= 11 is 0. The van der Waals surface area contributed by atoms with Crippen LogP contribution in [0.4, 0.5) is 11.4 Å². The van der Waals surface area contributed by atoms with E-state index in [9.17, 15) is 14.4 Å². The van der Waals surface area contributed by atoms with E-state index in [4.69, 9.17) is 10.5 Å². The third-order valence-corrected chi connectivity index (χ3v) is 2.96. The predicted octanol–water partition coefficient (Wildman–Crippen LogP) is 1.37. The van der Waals surface area contributed by atoms with Gasteiger partial charge in [0.25, 0.3) is 0 Å². The van der Waals surface area contributed by atoms with Crippen molar-refractivity contribution < 1.29 is 19.1 Å². The third-order valence-electron chi connectivity index (χ3n) is 2.96. The van der Waals surface area contributed by atoms with Gasteiger partial charge in [0.05, 0.1) is 7.11 Å². The summed E-state index contributed by atoms with van der Waals surface area (Å²) < 4.78 is 5.03. The summed E-state index contributed by atoms with van der Waals surface area (Å²) in [6, 6.07) is 12.5. The van der Waals surface area contributed by atoms with Crippen LogP contribution in [0.5, 0.6) is 5.75 Å². The van der Waals surface area contributed by atoms with Gasteiger partial charge < -0.3 is 21.1 Å². The Bertz CT molecular complexity index is 741. The van der Waals surface area contributed by atoms with Crippen LogP contribution in [-0.2, 0) is 9.59 Å². The lowest BCUT2D eigenvalue weighted by Gasteiger charge is -2.08. The molecule has 2 aromatic rings. The van der Waals surface area contributed by atoms with Gasteiger partial charge in [-0.3, -0.25) is 14.4 Å². The number of nitrogens with one attached hydrogen (secondary N) is 2. The van der Waals surface area contributed by atoms with E-state index < -0.39 is 17.7 Å². The second-order valence-electron chi connectivity index (χ2n) is 4.58. The first-order valence-corrected chi connectivity index (χ1v) is 6.66. The van der Waals surface area contributed by atoms with Crippen LogP contribution >= 0.6 is 0 Å². The number of primary amides is 1. The van der Waals surface area contributed by atoms with Gasteiger partial charge >= 0.3 is 11.8 Å². The van der Waals surface area contributed by atoms with Gasteiger partial charge in [-0.05, 0) is 36.4 Å². The average Bonchev–Trinajstić information content (AvgIpc) is 2.55. The Kier molecular flexibility index (Phi) is 4.93. The smallest absolute Gasteiger partial charge is 0.314 e. The lowest BCUT2D eigenvalue weighted by atomic mass is 10.2. The van der Waals surface area contributed by atoms with E-state index in [1.165, 1.54) is 31.4 Å². The minimum atomic E-state index is -0.834. The van der Waals surface area contributed by atoms with Gasteiger partial charge in [0.15, 0.2) is 0 Å². The lowest BCUT2D eigenvalue weighted by Crippen LogP contribution is -2.29. The SMILES string of the molecule is COc1cccc(NC(=O)C(=O)Nc2ccc(C(N)=O)cc2)c1. The van der Waals surface area contributed by atoms with Gasteiger partial charge in [-0.1, -0.05) is 6.07 Å². The summed E-state index contributed by atoms with van der Waals surface area (Å²) in [4.78, 5) is 34.7. The van der Waals surface area contributed by atoms with Crippen LogP contribution < -0.4 is 21.1 Å². The molecule has 0 fully saturated rings. The molecule has 2 aromatic carbocycles. The van der Waals surface area contributed by atoms with E-state index in [-0.39, 0.29) is 0 Å². The van der Waals surface area contributed by atoms with E-state index in [0.29, 0.717) is 22.7 Å². The second-order valence-corrected chi connectivity index (χ2v) is 4.58. The molecule has 7 nitrogen and oxygen atoms in total. The Morgan fingerprint density at radius 1 is 0.913 bits per heavy atom. The Balaban J connectivity index is 1.99. The zero-order valence-electron chi connectivity index (χ0n) is 12.3. The normalized spacial score (nSPS) is 9.78. The van der Waals surface area contributed by atoms with Crippen LogP contribution in [0.15, 0.2) is 48.5 Å². The molecule has 118 valence electrons. The minimum absolute atomic E-state index is 0.309. The molecule has 0 saturated heterocycles. The molecule has 0 radical (unpaired) electrons. The van der Waals surface area contributed by atoms with E-state index in [1.807, 2.05) is 0 Å². The fourth-order valence-corrected chi connectivity index (χ4v) is 1.79. The first-order valence-electron chi connectivity index (χ1n) is 6.66. The number of anilines is 2. The Morgan fingerprint density at radius 3 is 2.09 bits per heavy atom. The molecule has 0 aliphatic rings. The fraction of sp³-hybridized carbons (Fsp3) is 0.0625. The van der Waals surface area contributed by atoms with Crippen molar-refractivity contribution in [1.29, 1.82) is 0 Å². The number of rotatable bonds is 4. The molecule has 3 amide bonds. The maximum atomic E-state index is 11.9. The number of methoxy groups -OCH3 is 1. The van der Waals surface area contributed by atoms with Crippen molar-refractivity contribution in [2.75, 3.05) is 17.7 Å². The molecule has 7 heteroatoms. The first-order chi connectivity index (χ1) is 11.0. The maximum Gasteiger partial charge on any atom is 0.314 e. The molecule has 0 unspecified atom stereocenters. The molecule has 0 spiro atoms. The molecule has 4 N–H and O–H groups in total. The molecule has 0 atom stereocenters. The first kappa shape index (κ1) is 16.0. The number of hydrogen-bond donors (Lipinski definition) is 3. The van der Waals surface area contributed by atoms with Crippen LogP contribution in [-0.4, -0.2) is 24.8 Å². The number of ether oxygens (including phenoxy) is 1. The predicted molar refractivity (Wildman–Crippen MR) is 85.2 cm³/mol. The fourth-order valence-electron chi connectivity index (χ4n) is 1.79. The standard InChI is InChI=1S/C16H15N3O4/c1-23-13-4-2-3-12(9-13)19-16(22)15(21)18-11-7-5-10(6-8-11)14(17)20/h2-9H,1H3,(H2,17,20)(H,18,21)(H,19,22). The van der Waals surface area contributed by atoms with Gasteiger partial charge in [0.2, 0.25) is 5.91 Å². The molecule has 23 heavy (non-hydrogen) atoms. The molecule has 0 aromatic heterocycles. The van der Waals surface area contributed by atoms with Gasteiger partial charge in [-0.15, -0.1) is 0 Å². The van der Waals surface area contributed by atoms with Crippen LogP contribution in [0.25, 0.3) is 0 Å². The van der Waals surface area contributed by atoms with Crippen LogP contribution in [0.3, 0.4) is 0 Å². The van der Waals surface area contributed by atoms with Gasteiger partial charge in [0, 0.05) is 23.0 Å². The highest BCUT2D eigenvalue weighted by Crippen LogP contribution is 2.16. The largest absolute Gasteiger partial charge is 0.497 e. The number of carbonyl (C=O) groups excluding carboxylic acids is 3. The van der Waals surface area contributed by atoms with E-state index in [2.05, 4.69) is 10.6 Å². The average molecular weight is 313 g/mol. The molecule has 0 aliphatic carbocycles. The summed E-state index contributed by atoms with van der Waals surface area (Å²) in [5.74, 6) is -1.67. The van der Waals surface area contributed by atoms with Crippen molar-refractivity contribution in [2.45, 2.75) is 0 Å². The highest BCUT2D eigenvalue weighted by Gasteiger charge is 2.14. The van der Waals surface area contributed by atoms with Gasteiger partial charge in [0.1, 0.15) is 5.75 Å². The van der Waals surface area contributed by atoms with Gasteiger partial charge in [-0.2, -0.15) is 0 Å². The quantitative estimate of drug-likeness (QED) is 0.740. The topological polar surface area (TPSA) is 111 Å². The van der Waals surface area contributed by atoms with Crippen LogP contribution in [0.1, 0.15) is 10.4 Å². The summed E-state index contributed by atoms with van der Waals surface area (Å²) in [5, 5.41) is 4.88. The molecule has 0 saturated carbocycles. The van der Waals surface area contributed by atoms with Gasteiger partial charge in [-0.25, -0.2) is 0 Å². The summed E-state index contributed by atoms with van der Waals surface area (Å²) in [7, 11) is 1.50. The van der Waals surface area contributed by atoms with Crippen molar-refractivity contribution in [3.8, 4) is 5.75 Å². The zero-order valence-corrected chi connectivity index (χ0v) is 12.3. The molecule has 0 bridgehead atoms. The Labute approximate surface area is 132 Å². The number of benzene rings is 2. The van der Waals surface area contributed by atoms with Crippen molar-refractivity contribution in [3.63, 3.8) is 0 Å². The minimum Gasteiger partial charge on any atom is -0.497 e. The van der Waals surface area contributed by atoms with Crippen molar-refractivity contribution in [3.05, 3.63) is 54.1 Å². The number of carbonyl (C=O) groups is 3. The van der Waals surface area contributed by atoms with Crippen molar-refractivity contribution >= 4 is 29.1 Å². The number of nitrogens with two attached hydrogens (primary N) is 1. The van der Waals surface area contributed by atoms with Crippen molar-refractivity contribution in [1.82, 2.24) is 0 Å². The van der Waals surface area contributed by atoms with Crippen LogP contribution in [0, 0.1) is 0 Å². The lowest BCUT2D eigenvalue weighted by molar-refractivity contribution is -0.132. The van der Waals surface area contributed by atoms with Crippen LogP contribution in [0.2, 0.25) is 0 Å². The number of amides is 3. The zero-order chi connectivity index (χ0) is 16.8. The maximum absolute atomic E-state index is 11.9. The summed E-state index contributed by atoms with van der Waals surface area (Å²) in [6.07, 6.45) is 0. The summed E-state index contributed by atoms with van der Waals surface area (Å²) in [6.45, 7) is 0.